The summed E-state index contributed by atoms with van der Waals surface area (Å²) >= 11 is 0. The number of amides is 4. The lowest BCUT2D eigenvalue weighted by atomic mass is 9.67. The number of carbonyl (C=O) groups is 4. The van der Waals surface area contributed by atoms with Gasteiger partial charge in [0.1, 0.15) is 0 Å². The molecular weight excluding hydrogens is 452 g/mol. The van der Waals surface area contributed by atoms with Crippen molar-refractivity contribution in [2.75, 3.05) is 13.1 Å². The highest BCUT2D eigenvalue weighted by Crippen LogP contribution is 2.41. The van der Waals surface area contributed by atoms with Crippen LogP contribution in [0.25, 0.3) is 0 Å². The van der Waals surface area contributed by atoms with Gasteiger partial charge >= 0.3 is 0 Å². The van der Waals surface area contributed by atoms with Crippen LogP contribution in [-0.4, -0.2) is 46.5 Å². The van der Waals surface area contributed by atoms with Crippen LogP contribution in [0, 0.1) is 23.7 Å². The largest absolute Gasteiger partial charge is 0.275 e. The molecule has 196 valence electrons. The Morgan fingerprint density at radius 1 is 0.639 bits per heavy atom. The molecule has 3 rings (SSSR count). The minimum atomic E-state index is -0.295. The van der Waals surface area contributed by atoms with Gasteiger partial charge in [-0.15, -0.1) is 0 Å². The van der Waals surface area contributed by atoms with E-state index in [1.165, 1.54) is 72.6 Å². The normalized spacial score (nSPS) is 25.9. The third-order valence-corrected chi connectivity index (χ3v) is 7.78. The lowest BCUT2D eigenvalue weighted by molar-refractivity contribution is -0.141. The van der Waals surface area contributed by atoms with Crippen molar-refractivity contribution in [3.8, 4) is 0 Å². The van der Waals surface area contributed by atoms with E-state index in [1.54, 1.807) is 0 Å². The van der Waals surface area contributed by atoms with Gasteiger partial charge in [0.25, 0.3) is 23.6 Å². The number of carbonyl (C=O) groups excluding carboxylic acids is 4. The first-order chi connectivity index (χ1) is 17.5. The minimum absolute atomic E-state index is 0.0273. The predicted molar refractivity (Wildman–Crippen MR) is 141 cm³/mol. The Bertz CT molecular complexity index is 880. The van der Waals surface area contributed by atoms with Crippen LogP contribution in [-0.2, 0) is 19.2 Å². The average Bonchev–Trinajstić information content (AvgIpc) is 3.36. The fraction of sp³-hybridized carbons (Fsp3) is 0.600. The first-order valence-corrected chi connectivity index (χ1v) is 13.9. The Kier molecular flexibility index (Phi) is 10.9. The van der Waals surface area contributed by atoms with E-state index in [0.717, 1.165) is 25.7 Å². The van der Waals surface area contributed by atoms with Crippen molar-refractivity contribution in [2.24, 2.45) is 23.7 Å². The van der Waals surface area contributed by atoms with Crippen LogP contribution in [0.5, 0.6) is 0 Å². The molecule has 4 amide bonds. The zero-order chi connectivity index (χ0) is 25.9. The molecule has 0 bridgehead atoms. The monoisotopic (exact) mass is 494 g/mol. The second-order valence-corrected chi connectivity index (χ2v) is 10.3. The summed E-state index contributed by atoms with van der Waals surface area (Å²) in [6.45, 7) is 4.99. The number of hydrogen-bond acceptors (Lipinski definition) is 4. The van der Waals surface area contributed by atoms with E-state index in [1.807, 2.05) is 0 Å². The van der Waals surface area contributed by atoms with Crippen molar-refractivity contribution in [2.45, 2.75) is 78.1 Å². The standard InChI is InChI=1S/C30H42N2O4/c1-3-5-7-9-10-12-14-25-23(13-11-8-6-4-2)15-16-24(21-31-27(33)17-18-28(31)34)26(25)22-32-29(35)19-20-30(32)36/h10,12,15-20,23-26H,3-9,11,13-14,21-22H2,1-2H3/b12-10+. The molecule has 0 aromatic heterocycles. The first kappa shape index (κ1) is 27.8. The topological polar surface area (TPSA) is 74.8 Å². The van der Waals surface area contributed by atoms with Gasteiger partial charge in [0.05, 0.1) is 0 Å². The Labute approximate surface area is 216 Å². The molecule has 0 radical (unpaired) electrons. The zero-order valence-electron chi connectivity index (χ0n) is 21.9. The maximum Gasteiger partial charge on any atom is 0.253 e. The molecule has 2 heterocycles. The molecule has 6 nitrogen and oxygen atoms in total. The third-order valence-electron chi connectivity index (χ3n) is 7.78. The Balaban J connectivity index is 1.82. The quantitative estimate of drug-likeness (QED) is 0.174. The molecule has 4 unspecified atom stereocenters. The van der Waals surface area contributed by atoms with Gasteiger partial charge in [0.15, 0.2) is 0 Å². The molecule has 6 heteroatoms. The fourth-order valence-corrected chi connectivity index (χ4v) is 5.67. The summed E-state index contributed by atoms with van der Waals surface area (Å²) in [5.41, 5.74) is 0. The number of rotatable bonds is 15. The van der Waals surface area contributed by atoms with Crippen LogP contribution in [0.3, 0.4) is 0 Å². The molecule has 0 spiro atoms. The van der Waals surface area contributed by atoms with Gasteiger partial charge in [-0.2, -0.15) is 0 Å². The maximum atomic E-state index is 12.5. The van der Waals surface area contributed by atoms with Crippen LogP contribution in [0.1, 0.15) is 78.1 Å². The second-order valence-electron chi connectivity index (χ2n) is 10.3. The van der Waals surface area contributed by atoms with E-state index in [0.29, 0.717) is 12.5 Å². The number of allylic oxidation sites excluding steroid dienone is 3. The Morgan fingerprint density at radius 3 is 1.81 bits per heavy atom. The van der Waals surface area contributed by atoms with E-state index in [2.05, 4.69) is 38.2 Å². The smallest absolute Gasteiger partial charge is 0.253 e. The van der Waals surface area contributed by atoms with E-state index in [9.17, 15) is 19.2 Å². The number of unbranched alkanes of at least 4 members (excludes halogenated alkanes) is 6. The van der Waals surface area contributed by atoms with Crippen molar-refractivity contribution in [1.82, 2.24) is 9.80 Å². The molecule has 1 aliphatic carbocycles. The molecule has 0 saturated carbocycles. The summed E-state index contributed by atoms with van der Waals surface area (Å²) in [5.74, 6) is -0.719. The number of hydrogen-bond donors (Lipinski definition) is 0. The maximum absolute atomic E-state index is 12.5. The molecular formula is C30H42N2O4. The minimum Gasteiger partial charge on any atom is -0.275 e. The molecule has 0 fully saturated rings. The third kappa shape index (κ3) is 7.37. The highest BCUT2D eigenvalue weighted by atomic mass is 16.2. The number of nitrogens with zero attached hydrogens (tertiary/aromatic N) is 2. The van der Waals surface area contributed by atoms with E-state index < -0.39 is 0 Å². The average molecular weight is 495 g/mol. The van der Waals surface area contributed by atoms with Gasteiger partial charge < -0.3 is 0 Å². The van der Waals surface area contributed by atoms with Gasteiger partial charge in [-0.3, -0.25) is 29.0 Å². The van der Waals surface area contributed by atoms with Crippen LogP contribution in [0.2, 0.25) is 0 Å². The SMILES string of the molecule is CCCCC/C=C/CC1C(CCCCCC)C=CC(CN2C(=O)C=CC2=O)C1CN1C(=O)C=CC1=O. The highest BCUT2D eigenvalue weighted by Gasteiger charge is 2.40. The van der Waals surface area contributed by atoms with Gasteiger partial charge in [-0.05, 0) is 49.4 Å². The highest BCUT2D eigenvalue weighted by molar-refractivity contribution is 6.13. The predicted octanol–water partition coefficient (Wildman–Crippen LogP) is 5.37. The summed E-state index contributed by atoms with van der Waals surface area (Å²) in [7, 11) is 0. The van der Waals surface area contributed by atoms with E-state index >= 15 is 0 Å². The molecule has 0 aromatic rings. The van der Waals surface area contributed by atoms with Crippen LogP contribution >= 0.6 is 0 Å². The van der Waals surface area contributed by atoms with E-state index in [4.69, 9.17) is 0 Å². The zero-order valence-corrected chi connectivity index (χ0v) is 21.9. The molecule has 4 atom stereocenters. The summed E-state index contributed by atoms with van der Waals surface area (Å²) < 4.78 is 0. The van der Waals surface area contributed by atoms with Crippen LogP contribution in [0.15, 0.2) is 48.6 Å². The summed E-state index contributed by atoms with van der Waals surface area (Å²) in [4.78, 5) is 52.2. The summed E-state index contributed by atoms with van der Waals surface area (Å²) in [6, 6.07) is 0. The van der Waals surface area contributed by atoms with Crippen LogP contribution < -0.4 is 0 Å². The lowest BCUT2D eigenvalue weighted by Gasteiger charge is -2.42. The van der Waals surface area contributed by atoms with Crippen molar-refractivity contribution < 1.29 is 19.2 Å². The molecule has 0 aromatic carbocycles. The van der Waals surface area contributed by atoms with Gasteiger partial charge in [0.2, 0.25) is 0 Å². The first-order valence-electron chi connectivity index (χ1n) is 13.9. The summed E-state index contributed by atoms with van der Waals surface area (Å²) in [5, 5.41) is 0. The van der Waals surface area contributed by atoms with Crippen molar-refractivity contribution in [3.05, 3.63) is 48.6 Å². The van der Waals surface area contributed by atoms with Gasteiger partial charge in [0, 0.05) is 37.4 Å². The Morgan fingerprint density at radius 2 is 1.19 bits per heavy atom. The lowest BCUT2D eigenvalue weighted by Crippen LogP contribution is -2.46. The molecule has 0 N–H and O–H groups in total. The van der Waals surface area contributed by atoms with E-state index in [-0.39, 0.29) is 47.9 Å². The van der Waals surface area contributed by atoms with Crippen LogP contribution in [0.4, 0.5) is 0 Å². The number of imide groups is 2. The van der Waals surface area contributed by atoms with Gasteiger partial charge in [-0.1, -0.05) is 76.7 Å². The molecule has 3 aliphatic rings. The van der Waals surface area contributed by atoms with Gasteiger partial charge in [-0.25, -0.2) is 0 Å². The van der Waals surface area contributed by atoms with Crippen molar-refractivity contribution >= 4 is 23.6 Å². The fourth-order valence-electron chi connectivity index (χ4n) is 5.67. The molecule has 0 saturated heterocycles. The van der Waals surface area contributed by atoms with Crippen molar-refractivity contribution in [3.63, 3.8) is 0 Å². The molecule has 36 heavy (non-hydrogen) atoms. The summed E-state index contributed by atoms with van der Waals surface area (Å²) in [6.07, 6.45) is 25.6. The molecule has 2 aliphatic heterocycles. The second kappa shape index (κ2) is 14.1. The Hall–Kier alpha value is -2.76. The van der Waals surface area contributed by atoms with Crippen molar-refractivity contribution in [1.29, 1.82) is 0 Å².